The maximum Gasteiger partial charge on any atom is 0.0990 e. The second-order valence-corrected chi connectivity index (χ2v) is 4.81. The highest BCUT2D eigenvalue weighted by Gasteiger charge is 2.42. The Morgan fingerprint density at radius 3 is 2.50 bits per heavy atom. The minimum Gasteiger partial charge on any atom is -0.387 e. The van der Waals surface area contributed by atoms with Crippen LogP contribution in [0.15, 0.2) is 24.3 Å². The van der Waals surface area contributed by atoms with Crippen LogP contribution in [0.5, 0.6) is 0 Å². The zero-order valence-corrected chi connectivity index (χ0v) is 9.74. The van der Waals surface area contributed by atoms with Crippen molar-refractivity contribution in [2.45, 2.75) is 31.8 Å². The number of aliphatic hydroxyl groups is 1. The SMILES string of the molecule is N#CC1(C(O)c2ccccc2Cl)CCCC1. The van der Waals surface area contributed by atoms with Crippen molar-refractivity contribution in [3.05, 3.63) is 34.9 Å². The molecule has 1 aromatic carbocycles. The van der Waals surface area contributed by atoms with Gasteiger partial charge in [-0.15, -0.1) is 0 Å². The van der Waals surface area contributed by atoms with Crippen LogP contribution < -0.4 is 0 Å². The number of nitrogens with zero attached hydrogens (tertiary/aromatic N) is 1. The molecule has 2 rings (SSSR count). The molecule has 0 saturated heterocycles. The molecular weight excluding hydrogens is 222 g/mol. The molecule has 0 spiro atoms. The maximum absolute atomic E-state index is 10.3. The number of hydrogen-bond acceptors (Lipinski definition) is 2. The van der Waals surface area contributed by atoms with Gasteiger partial charge in [-0.3, -0.25) is 0 Å². The number of aliphatic hydroxyl groups excluding tert-OH is 1. The van der Waals surface area contributed by atoms with Crippen molar-refractivity contribution in [2.75, 3.05) is 0 Å². The van der Waals surface area contributed by atoms with E-state index in [4.69, 9.17) is 11.6 Å². The molecule has 1 atom stereocenters. The summed E-state index contributed by atoms with van der Waals surface area (Å²) in [4.78, 5) is 0. The quantitative estimate of drug-likeness (QED) is 0.853. The van der Waals surface area contributed by atoms with Crippen LogP contribution in [0.2, 0.25) is 5.02 Å². The Hall–Kier alpha value is -1.04. The third-order valence-electron chi connectivity index (χ3n) is 3.44. The summed E-state index contributed by atoms with van der Waals surface area (Å²) in [6, 6.07) is 9.50. The van der Waals surface area contributed by atoms with E-state index in [9.17, 15) is 10.4 Å². The molecule has 0 aromatic heterocycles. The highest BCUT2D eigenvalue weighted by Crippen LogP contribution is 2.48. The van der Waals surface area contributed by atoms with Crippen LogP contribution in [0.25, 0.3) is 0 Å². The third kappa shape index (κ3) is 1.81. The monoisotopic (exact) mass is 235 g/mol. The average Bonchev–Trinajstić information content (AvgIpc) is 2.78. The maximum atomic E-state index is 10.3. The number of nitriles is 1. The highest BCUT2D eigenvalue weighted by atomic mass is 35.5. The second-order valence-electron chi connectivity index (χ2n) is 4.40. The molecule has 84 valence electrons. The van der Waals surface area contributed by atoms with Gasteiger partial charge in [0.05, 0.1) is 17.6 Å². The molecule has 1 saturated carbocycles. The predicted octanol–water partition coefficient (Wildman–Crippen LogP) is 3.46. The zero-order chi connectivity index (χ0) is 11.6. The fourth-order valence-corrected chi connectivity index (χ4v) is 2.69. The first-order valence-corrected chi connectivity index (χ1v) is 5.91. The van der Waals surface area contributed by atoms with Crippen molar-refractivity contribution >= 4 is 11.6 Å². The van der Waals surface area contributed by atoms with Crippen molar-refractivity contribution in [3.63, 3.8) is 0 Å². The summed E-state index contributed by atoms with van der Waals surface area (Å²) in [6.07, 6.45) is 2.77. The minimum atomic E-state index is -0.770. The van der Waals surface area contributed by atoms with E-state index in [1.807, 2.05) is 12.1 Å². The first kappa shape index (κ1) is 11.4. The molecule has 16 heavy (non-hydrogen) atoms. The van der Waals surface area contributed by atoms with E-state index < -0.39 is 11.5 Å². The third-order valence-corrected chi connectivity index (χ3v) is 3.79. The lowest BCUT2D eigenvalue weighted by atomic mass is 9.79. The fraction of sp³-hybridized carbons (Fsp3) is 0.462. The van der Waals surface area contributed by atoms with Crippen LogP contribution in [-0.2, 0) is 0 Å². The molecular formula is C13H14ClNO. The summed E-state index contributed by atoms with van der Waals surface area (Å²) < 4.78 is 0. The Labute approximate surface area is 100 Å². The van der Waals surface area contributed by atoms with Gasteiger partial charge in [0.2, 0.25) is 0 Å². The minimum absolute atomic E-state index is 0.538. The summed E-state index contributed by atoms with van der Waals surface area (Å²) in [5.74, 6) is 0. The number of halogens is 1. The van der Waals surface area contributed by atoms with E-state index in [-0.39, 0.29) is 0 Å². The molecule has 1 aliphatic rings. The Kier molecular flexibility index (Phi) is 3.18. The highest BCUT2D eigenvalue weighted by molar-refractivity contribution is 6.31. The topological polar surface area (TPSA) is 44.0 Å². The molecule has 1 aliphatic carbocycles. The van der Waals surface area contributed by atoms with Gasteiger partial charge in [0.1, 0.15) is 0 Å². The van der Waals surface area contributed by atoms with Crippen LogP contribution in [0.4, 0.5) is 0 Å². The molecule has 0 bridgehead atoms. The van der Waals surface area contributed by atoms with Crippen molar-refractivity contribution in [3.8, 4) is 6.07 Å². The smallest absolute Gasteiger partial charge is 0.0990 e. The van der Waals surface area contributed by atoms with E-state index in [1.54, 1.807) is 12.1 Å². The number of benzene rings is 1. The summed E-state index contributed by atoms with van der Waals surface area (Å²) >= 11 is 6.05. The predicted molar refractivity (Wildman–Crippen MR) is 62.9 cm³/mol. The average molecular weight is 236 g/mol. The van der Waals surface area contributed by atoms with Gasteiger partial charge in [-0.2, -0.15) is 5.26 Å². The zero-order valence-electron chi connectivity index (χ0n) is 8.99. The van der Waals surface area contributed by atoms with Gasteiger partial charge in [0, 0.05) is 10.6 Å². The first-order chi connectivity index (χ1) is 7.69. The van der Waals surface area contributed by atoms with Crippen LogP contribution in [0.3, 0.4) is 0 Å². The molecule has 1 N–H and O–H groups in total. The molecule has 2 nitrogen and oxygen atoms in total. The van der Waals surface area contributed by atoms with Gasteiger partial charge in [-0.25, -0.2) is 0 Å². The van der Waals surface area contributed by atoms with Gasteiger partial charge >= 0.3 is 0 Å². The standard InChI is InChI=1S/C13H14ClNO/c14-11-6-2-1-5-10(11)12(16)13(9-15)7-3-4-8-13/h1-2,5-6,12,16H,3-4,7-8H2. The lowest BCUT2D eigenvalue weighted by Gasteiger charge is -2.27. The summed E-state index contributed by atoms with van der Waals surface area (Å²) in [6.45, 7) is 0. The normalized spacial score (nSPS) is 20.3. The Balaban J connectivity index is 2.35. The molecule has 0 radical (unpaired) electrons. The largest absolute Gasteiger partial charge is 0.387 e. The van der Waals surface area contributed by atoms with Gasteiger partial charge in [-0.05, 0) is 18.9 Å². The first-order valence-electron chi connectivity index (χ1n) is 5.53. The van der Waals surface area contributed by atoms with Crippen LogP contribution in [0.1, 0.15) is 37.4 Å². The van der Waals surface area contributed by atoms with Crippen LogP contribution in [-0.4, -0.2) is 5.11 Å². The van der Waals surface area contributed by atoms with E-state index in [0.717, 1.165) is 25.7 Å². The molecule has 0 heterocycles. The van der Waals surface area contributed by atoms with E-state index >= 15 is 0 Å². The van der Waals surface area contributed by atoms with Gasteiger partial charge in [-0.1, -0.05) is 42.6 Å². The van der Waals surface area contributed by atoms with Gasteiger partial charge in [0.25, 0.3) is 0 Å². The Morgan fingerprint density at radius 1 is 1.31 bits per heavy atom. The Bertz CT molecular complexity index is 418. The van der Waals surface area contributed by atoms with Crippen LogP contribution in [0, 0.1) is 16.7 Å². The number of rotatable bonds is 2. The molecule has 1 fully saturated rings. The fourth-order valence-electron chi connectivity index (χ4n) is 2.45. The molecule has 1 unspecified atom stereocenters. The van der Waals surface area contributed by atoms with Crippen molar-refractivity contribution in [1.29, 1.82) is 5.26 Å². The van der Waals surface area contributed by atoms with Crippen molar-refractivity contribution in [2.24, 2.45) is 5.41 Å². The lowest BCUT2D eigenvalue weighted by molar-refractivity contribution is 0.0672. The number of hydrogen-bond donors (Lipinski definition) is 1. The molecule has 0 amide bonds. The van der Waals surface area contributed by atoms with Crippen molar-refractivity contribution < 1.29 is 5.11 Å². The molecule has 1 aromatic rings. The molecule has 3 heteroatoms. The van der Waals surface area contributed by atoms with Gasteiger partial charge in [0.15, 0.2) is 0 Å². The van der Waals surface area contributed by atoms with Crippen molar-refractivity contribution in [1.82, 2.24) is 0 Å². The Morgan fingerprint density at radius 2 is 1.94 bits per heavy atom. The summed E-state index contributed by atoms with van der Waals surface area (Å²) in [5, 5.41) is 20.2. The second kappa shape index (κ2) is 4.45. The summed E-state index contributed by atoms with van der Waals surface area (Å²) in [7, 11) is 0. The van der Waals surface area contributed by atoms with E-state index in [2.05, 4.69) is 6.07 Å². The lowest BCUT2D eigenvalue weighted by Crippen LogP contribution is -2.24. The van der Waals surface area contributed by atoms with E-state index in [1.165, 1.54) is 0 Å². The molecule has 0 aliphatic heterocycles. The van der Waals surface area contributed by atoms with Crippen LogP contribution >= 0.6 is 11.6 Å². The van der Waals surface area contributed by atoms with E-state index in [0.29, 0.717) is 10.6 Å². The summed E-state index contributed by atoms with van der Waals surface area (Å²) in [5.41, 5.74) is 0.0398. The van der Waals surface area contributed by atoms with Gasteiger partial charge < -0.3 is 5.11 Å².